The SMILES string of the molecule is C/N=C1/C2C=CCC1c1ccc(Cl)cc1C2. The molecule has 0 fully saturated rings. The Hall–Kier alpha value is -1.08. The van der Waals surface area contributed by atoms with Crippen LogP contribution in [0.2, 0.25) is 5.02 Å². The number of hydrogen-bond acceptors (Lipinski definition) is 1. The molecule has 2 atom stereocenters. The van der Waals surface area contributed by atoms with Gasteiger partial charge in [0.25, 0.3) is 0 Å². The van der Waals surface area contributed by atoms with Gasteiger partial charge in [-0.15, -0.1) is 0 Å². The van der Waals surface area contributed by atoms with E-state index < -0.39 is 0 Å². The van der Waals surface area contributed by atoms with Gasteiger partial charge in [0.05, 0.1) is 0 Å². The maximum Gasteiger partial charge on any atom is 0.0408 e. The van der Waals surface area contributed by atoms with Gasteiger partial charge in [-0.25, -0.2) is 0 Å². The van der Waals surface area contributed by atoms with Crippen molar-refractivity contribution in [3.63, 3.8) is 0 Å². The zero-order chi connectivity index (χ0) is 11.1. The van der Waals surface area contributed by atoms with Crippen molar-refractivity contribution in [2.24, 2.45) is 10.9 Å². The lowest BCUT2D eigenvalue weighted by Gasteiger charge is -2.34. The predicted molar refractivity (Wildman–Crippen MR) is 68.5 cm³/mol. The summed E-state index contributed by atoms with van der Waals surface area (Å²) < 4.78 is 0. The van der Waals surface area contributed by atoms with E-state index in [1.807, 2.05) is 13.1 Å². The third kappa shape index (κ3) is 1.42. The zero-order valence-electron chi connectivity index (χ0n) is 9.28. The number of hydrogen-bond donors (Lipinski definition) is 0. The molecule has 0 spiro atoms. The van der Waals surface area contributed by atoms with Gasteiger partial charge in [0.1, 0.15) is 0 Å². The number of benzene rings is 1. The monoisotopic (exact) mass is 231 g/mol. The summed E-state index contributed by atoms with van der Waals surface area (Å²) in [7, 11) is 1.91. The van der Waals surface area contributed by atoms with Gasteiger partial charge in [0.2, 0.25) is 0 Å². The average molecular weight is 232 g/mol. The molecule has 1 nitrogen and oxygen atoms in total. The van der Waals surface area contributed by atoms with Crippen molar-refractivity contribution in [1.82, 2.24) is 0 Å². The third-order valence-corrected chi connectivity index (χ3v) is 3.89. The number of halogens is 1. The fourth-order valence-corrected chi connectivity index (χ4v) is 3.16. The molecule has 82 valence electrons. The van der Waals surface area contributed by atoms with Crippen molar-refractivity contribution in [1.29, 1.82) is 0 Å². The fraction of sp³-hybridized carbons (Fsp3) is 0.357. The summed E-state index contributed by atoms with van der Waals surface area (Å²) in [5.41, 5.74) is 4.17. The third-order valence-electron chi connectivity index (χ3n) is 3.66. The number of nitrogens with zero attached hydrogens (tertiary/aromatic N) is 1. The van der Waals surface area contributed by atoms with Gasteiger partial charge in [-0.05, 0) is 36.1 Å². The summed E-state index contributed by atoms with van der Waals surface area (Å²) >= 11 is 6.06. The summed E-state index contributed by atoms with van der Waals surface area (Å²) in [6.45, 7) is 0. The van der Waals surface area contributed by atoms with E-state index in [1.165, 1.54) is 16.8 Å². The van der Waals surface area contributed by atoms with Crippen LogP contribution >= 0.6 is 11.6 Å². The van der Waals surface area contributed by atoms with Crippen LogP contribution in [0.5, 0.6) is 0 Å². The number of allylic oxidation sites excluding steroid dienone is 2. The lowest BCUT2D eigenvalue weighted by Crippen LogP contribution is -2.31. The van der Waals surface area contributed by atoms with E-state index in [0.29, 0.717) is 11.8 Å². The summed E-state index contributed by atoms with van der Waals surface area (Å²) in [4.78, 5) is 4.49. The van der Waals surface area contributed by atoms with Crippen molar-refractivity contribution in [2.75, 3.05) is 7.05 Å². The van der Waals surface area contributed by atoms with Crippen LogP contribution in [0, 0.1) is 5.92 Å². The molecule has 2 unspecified atom stereocenters. The quantitative estimate of drug-likeness (QED) is 0.605. The van der Waals surface area contributed by atoms with Gasteiger partial charge < -0.3 is 0 Å². The Balaban J connectivity index is 2.16. The van der Waals surface area contributed by atoms with Crippen molar-refractivity contribution in [3.8, 4) is 0 Å². The van der Waals surface area contributed by atoms with Crippen LogP contribution in [0.25, 0.3) is 0 Å². The van der Waals surface area contributed by atoms with Gasteiger partial charge >= 0.3 is 0 Å². The molecule has 0 aliphatic heterocycles. The lowest BCUT2D eigenvalue weighted by atomic mass is 9.71. The fourth-order valence-electron chi connectivity index (χ4n) is 2.97. The number of aliphatic imine (C=N–C) groups is 1. The minimum absolute atomic E-state index is 0.487. The second kappa shape index (κ2) is 3.74. The van der Waals surface area contributed by atoms with Crippen LogP contribution < -0.4 is 0 Å². The van der Waals surface area contributed by atoms with Gasteiger partial charge in [0, 0.05) is 29.6 Å². The summed E-state index contributed by atoms with van der Waals surface area (Å²) in [6, 6.07) is 6.28. The van der Waals surface area contributed by atoms with E-state index in [0.717, 1.165) is 17.9 Å². The van der Waals surface area contributed by atoms with Crippen LogP contribution in [0.15, 0.2) is 35.3 Å². The first-order valence-corrected chi connectivity index (χ1v) is 6.09. The second-order valence-electron chi connectivity index (χ2n) is 4.52. The Morgan fingerprint density at radius 3 is 3.06 bits per heavy atom. The van der Waals surface area contributed by atoms with Gasteiger partial charge in [-0.2, -0.15) is 0 Å². The molecule has 0 radical (unpaired) electrons. The molecule has 0 N–H and O–H groups in total. The predicted octanol–water partition coefficient (Wildman–Crippen LogP) is 3.63. The second-order valence-corrected chi connectivity index (χ2v) is 4.96. The van der Waals surface area contributed by atoms with Crippen molar-refractivity contribution in [2.45, 2.75) is 18.8 Å². The van der Waals surface area contributed by atoms with E-state index in [-0.39, 0.29) is 0 Å². The van der Waals surface area contributed by atoms with Crippen molar-refractivity contribution in [3.05, 3.63) is 46.5 Å². The van der Waals surface area contributed by atoms with Gasteiger partial charge in [0.15, 0.2) is 0 Å². The maximum atomic E-state index is 6.06. The van der Waals surface area contributed by atoms with E-state index in [1.54, 1.807) is 0 Å². The smallest absolute Gasteiger partial charge is 0.0408 e. The van der Waals surface area contributed by atoms with Gasteiger partial charge in [-0.1, -0.05) is 29.8 Å². The first-order chi connectivity index (χ1) is 7.79. The Morgan fingerprint density at radius 1 is 1.38 bits per heavy atom. The molecule has 1 aromatic carbocycles. The molecule has 2 aliphatic carbocycles. The molecule has 2 aliphatic rings. The van der Waals surface area contributed by atoms with E-state index in [2.05, 4.69) is 29.3 Å². The first kappa shape index (κ1) is 10.1. The summed E-state index contributed by atoms with van der Waals surface area (Å²) in [5.74, 6) is 0.982. The molecule has 2 heteroatoms. The van der Waals surface area contributed by atoms with Crippen LogP contribution in [0.1, 0.15) is 23.5 Å². The molecule has 3 rings (SSSR count). The Bertz CT molecular complexity index is 488. The van der Waals surface area contributed by atoms with Crippen molar-refractivity contribution >= 4 is 17.3 Å². The minimum atomic E-state index is 0.487. The van der Waals surface area contributed by atoms with E-state index in [9.17, 15) is 0 Å². The highest BCUT2D eigenvalue weighted by Gasteiger charge is 2.33. The molecule has 0 aromatic heterocycles. The molecule has 0 saturated heterocycles. The van der Waals surface area contributed by atoms with Crippen LogP contribution in [0.4, 0.5) is 0 Å². The summed E-state index contributed by atoms with van der Waals surface area (Å²) in [5, 5.41) is 0.845. The highest BCUT2D eigenvalue weighted by Crippen LogP contribution is 2.39. The largest absolute Gasteiger partial charge is 0.296 e. The van der Waals surface area contributed by atoms with Gasteiger partial charge in [-0.3, -0.25) is 4.99 Å². The number of fused-ring (bicyclic) bond motifs is 4. The Morgan fingerprint density at radius 2 is 2.25 bits per heavy atom. The van der Waals surface area contributed by atoms with E-state index >= 15 is 0 Å². The standard InChI is InChI=1S/C14H14ClN/c1-16-14-9-3-2-4-13(14)12-6-5-11(15)8-10(12)7-9/h2-3,5-6,8-9,13H,4,7H2,1H3/b16-14-. The number of rotatable bonds is 0. The molecular formula is C14H14ClN. The maximum absolute atomic E-state index is 6.06. The van der Waals surface area contributed by atoms with Crippen molar-refractivity contribution < 1.29 is 0 Å². The zero-order valence-corrected chi connectivity index (χ0v) is 10.0. The first-order valence-electron chi connectivity index (χ1n) is 5.71. The highest BCUT2D eigenvalue weighted by molar-refractivity contribution is 6.30. The molecule has 0 amide bonds. The van der Waals surface area contributed by atoms with Crippen LogP contribution in [-0.4, -0.2) is 12.8 Å². The van der Waals surface area contributed by atoms with Crippen LogP contribution in [0.3, 0.4) is 0 Å². The Kier molecular flexibility index (Phi) is 2.36. The average Bonchev–Trinajstić information content (AvgIpc) is 2.28. The lowest BCUT2D eigenvalue weighted by molar-refractivity contribution is 0.689. The Labute approximate surface area is 101 Å². The normalized spacial score (nSPS) is 29.2. The molecule has 0 saturated carbocycles. The highest BCUT2D eigenvalue weighted by atomic mass is 35.5. The molecule has 16 heavy (non-hydrogen) atoms. The molecule has 0 heterocycles. The summed E-state index contributed by atoms with van der Waals surface area (Å²) in [6.07, 6.45) is 6.72. The topological polar surface area (TPSA) is 12.4 Å². The molecule has 1 aromatic rings. The molecule has 2 bridgehead atoms. The van der Waals surface area contributed by atoms with Crippen LogP contribution in [-0.2, 0) is 6.42 Å². The minimum Gasteiger partial charge on any atom is -0.296 e. The molecular weight excluding hydrogens is 218 g/mol. The van der Waals surface area contributed by atoms with E-state index in [4.69, 9.17) is 11.6 Å².